The fourth-order valence-corrected chi connectivity index (χ4v) is 16.2. The summed E-state index contributed by atoms with van der Waals surface area (Å²) in [5.74, 6) is -7.98. The summed E-state index contributed by atoms with van der Waals surface area (Å²) in [5.41, 5.74) is 0. The van der Waals surface area contributed by atoms with Gasteiger partial charge in [-0.3, -0.25) is 14.4 Å². The van der Waals surface area contributed by atoms with E-state index in [1.54, 1.807) is 6.08 Å². The van der Waals surface area contributed by atoms with Gasteiger partial charge in [-0.1, -0.05) is 193 Å². The molecule has 0 aromatic rings. The first-order valence-corrected chi connectivity index (χ1v) is 43.8. The summed E-state index contributed by atoms with van der Waals surface area (Å²) in [6, 6.07) is -4.90. The van der Waals surface area contributed by atoms with E-state index in [0.29, 0.717) is 12.8 Å². The molecule has 0 radical (unpaired) electrons. The van der Waals surface area contributed by atoms with Gasteiger partial charge in [-0.2, -0.15) is 0 Å². The number of carbonyl (C=O) groups is 4. The standard InChI is InChI=1S/C81H145N3O37/c1-4-6-8-10-12-14-16-18-19-20-21-23-25-27-29-31-33-35-55(96)83-46(47(93)34-32-30-28-26-24-22-17-15-13-11-9-7-5-2)44-110-76-65(104)63(102)69(53(41-89)114-76)116-77-66(105)64(103)70(54(42-90)115-77)117-78-67(106)73(61(100)51(39-87)112-78)119-75-58(82-45(3)92)71(60(99)50(38-86)111-75)118-79-68(107)74(62(101)52(40-88)113-79)121-81(80(108)109)36-48(94)57(84-56(97)43-91)72(120-81)59(98)49(95)37-85/h32,34,46-54,57-79,85-91,93-95,98-107H,4-31,33,35-44H2,1-3H3,(H,82,92)(H,83,96)(H,84,97)(H,108,109)/b34-32+/t46-,47+,48?,49+,50?,51?,52?,53?,54?,57+,58?,59+,60-,61-,62-,63+,64+,65?,66?,67?,68?,69+,70-,71+,72?,73-,74-,75-,76+,77-,78-,79-,81-/m0/s1. The van der Waals surface area contributed by atoms with Gasteiger partial charge in [-0.25, -0.2) is 4.79 Å². The van der Waals surface area contributed by atoms with Crippen molar-refractivity contribution in [3.63, 3.8) is 0 Å². The molecule has 0 saturated carbocycles. The van der Waals surface area contributed by atoms with Gasteiger partial charge in [0, 0.05) is 19.8 Å². The van der Waals surface area contributed by atoms with E-state index in [-0.39, 0.29) is 12.3 Å². The second kappa shape index (κ2) is 55.9. The predicted molar refractivity (Wildman–Crippen MR) is 422 cm³/mol. The normalized spacial score (nSPS) is 35.8. The molecule has 24 N–H and O–H groups in total. The molecule has 6 aliphatic heterocycles. The van der Waals surface area contributed by atoms with Crippen LogP contribution >= 0.6 is 0 Å². The van der Waals surface area contributed by atoms with E-state index < -0.39 is 279 Å². The van der Waals surface area contributed by atoms with Crippen LogP contribution in [0.1, 0.15) is 220 Å². The lowest BCUT2D eigenvalue weighted by Gasteiger charge is -2.51. The molecule has 33 atom stereocenters. The number of nitrogens with one attached hydrogen (secondary N) is 3. The monoisotopic (exact) mass is 1750 g/mol. The molecule has 6 saturated heterocycles. The average Bonchev–Trinajstić information content (AvgIpc) is 0.750. The molecule has 0 aromatic heterocycles. The molecule has 0 spiro atoms. The Labute approximate surface area is 707 Å². The van der Waals surface area contributed by atoms with Gasteiger partial charge in [0.25, 0.3) is 5.79 Å². The number of hydrogen-bond acceptors (Lipinski definition) is 36. The van der Waals surface area contributed by atoms with Gasteiger partial charge in [0.05, 0.1) is 70.5 Å². The Morgan fingerprint density at radius 3 is 1.29 bits per heavy atom. The van der Waals surface area contributed by atoms with Gasteiger partial charge >= 0.3 is 5.97 Å². The Hall–Kier alpha value is -3.66. The molecule has 12 unspecified atom stereocenters. The van der Waals surface area contributed by atoms with Gasteiger partial charge < -0.3 is 180 Å². The lowest BCUT2D eigenvalue weighted by Crippen LogP contribution is -2.71. The lowest BCUT2D eigenvalue weighted by molar-refractivity contribution is -0.392. The van der Waals surface area contributed by atoms with Crippen LogP contribution < -0.4 is 16.0 Å². The first-order valence-electron chi connectivity index (χ1n) is 43.8. The van der Waals surface area contributed by atoms with E-state index in [1.807, 2.05) is 6.08 Å². The fourth-order valence-electron chi connectivity index (χ4n) is 16.2. The molecule has 40 heteroatoms. The van der Waals surface area contributed by atoms with Crippen molar-refractivity contribution in [2.45, 2.75) is 422 Å². The van der Waals surface area contributed by atoms with Crippen molar-refractivity contribution in [1.82, 2.24) is 16.0 Å². The molecule has 706 valence electrons. The Kier molecular flexibility index (Phi) is 49.1. The molecular formula is C81H145N3O37. The molecule has 6 heterocycles. The zero-order valence-corrected chi connectivity index (χ0v) is 70.1. The van der Waals surface area contributed by atoms with Crippen LogP contribution in [0.15, 0.2) is 12.2 Å². The van der Waals surface area contributed by atoms with E-state index in [4.69, 9.17) is 56.8 Å². The molecule has 6 rings (SSSR count). The van der Waals surface area contributed by atoms with Crippen LogP contribution in [0.25, 0.3) is 0 Å². The van der Waals surface area contributed by atoms with Gasteiger partial charge in [0.2, 0.25) is 17.7 Å². The summed E-state index contributed by atoms with van der Waals surface area (Å²) in [6.45, 7) is -2.98. The van der Waals surface area contributed by atoms with Crippen LogP contribution in [0.2, 0.25) is 0 Å². The van der Waals surface area contributed by atoms with Crippen LogP contribution in [-0.2, 0) is 76.0 Å². The number of hydrogen-bond donors (Lipinski definition) is 24. The highest BCUT2D eigenvalue weighted by molar-refractivity contribution is 5.78. The van der Waals surface area contributed by atoms with Crippen LogP contribution in [0, 0.1) is 0 Å². The number of carbonyl (C=O) groups excluding carboxylic acids is 3. The van der Waals surface area contributed by atoms with Gasteiger partial charge in [0.15, 0.2) is 31.5 Å². The maximum atomic E-state index is 13.5. The number of aliphatic hydroxyl groups is 20. The first-order chi connectivity index (χ1) is 58.0. The maximum absolute atomic E-state index is 13.5. The Morgan fingerprint density at radius 1 is 0.438 bits per heavy atom. The van der Waals surface area contributed by atoms with Crippen molar-refractivity contribution in [1.29, 1.82) is 0 Å². The van der Waals surface area contributed by atoms with Crippen molar-refractivity contribution in [2.24, 2.45) is 0 Å². The average molecular weight is 1750 g/mol. The smallest absolute Gasteiger partial charge is 0.364 e. The number of amides is 3. The third-order valence-corrected chi connectivity index (χ3v) is 23.3. The second-order valence-electron chi connectivity index (χ2n) is 32.8. The van der Waals surface area contributed by atoms with Gasteiger partial charge in [-0.05, 0) is 19.3 Å². The van der Waals surface area contributed by atoms with E-state index in [0.717, 1.165) is 58.3 Å². The topological polar surface area (TPSA) is 640 Å². The molecule has 121 heavy (non-hydrogen) atoms. The zero-order valence-electron chi connectivity index (χ0n) is 70.1. The molecule has 6 aliphatic rings. The van der Waals surface area contributed by atoms with Crippen molar-refractivity contribution in [3.8, 4) is 0 Å². The number of allylic oxidation sites excluding steroid dienone is 1. The van der Waals surface area contributed by atoms with Crippen molar-refractivity contribution in [2.75, 3.05) is 52.9 Å². The lowest BCUT2D eigenvalue weighted by atomic mass is 9.88. The van der Waals surface area contributed by atoms with Crippen molar-refractivity contribution in [3.05, 3.63) is 12.2 Å². The maximum Gasteiger partial charge on any atom is 0.364 e. The summed E-state index contributed by atoms with van der Waals surface area (Å²) in [7, 11) is 0. The van der Waals surface area contributed by atoms with Gasteiger partial charge in [0.1, 0.15) is 147 Å². The SMILES string of the molecule is CCCCCCCCCCCCC/C=C/[C@@H](O)[C@H](CO[C@@H]1OC(CO)[C@@H](O[C@@H]2OC(CO)[C@H](O[C@@H]3OC(CO)[C@H](O)[C@H](O[C@@H]4OC(CO)[C@H](O)[C@H](O[C@@H]5OC(CO)[C@H](O)[C@H](O[C@]6(C(=O)O)CC(O)[C@@H](NC(=O)CO)C([C@H](O)[C@H](O)CO)O6)C5O)C4NC(C)=O)C3O)[C@H](O)C2O)[C@H](O)C1O)NC(=O)CCCCCCCCCCCCCCCCCCC. The van der Waals surface area contributed by atoms with E-state index in [2.05, 4.69) is 29.8 Å². The number of carboxylic acid groups (broad SMARTS) is 1. The van der Waals surface area contributed by atoms with Crippen LogP contribution in [0.3, 0.4) is 0 Å². The number of rotatable bonds is 58. The Morgan fingerprint density at radius 2 is 0.835 bits per heavy atom. The van der Waals surface area contributed by atoms with E-state index >= 15 is 0 Å². The quantitative estimate of drug-likeness (QED) is 0.0208. The van der Waals surface area contributed by atoms with Crippen LogP contribution in [-0.4, -0.2) is 386 Å². The first kappa shape index (κ1) is 106. The molecule has 0 aromatic carbocycles. The summed E-state index contributed by atoms with van der Waals surface area (Å²) in [6.07, 6.45) is -24.4. The van der Waals surface area contributed by atoms with Gasteiger partial charge in [-0.15, -0.1) is 0 Å². The highest BCUT2D eigenvalue weighted by Gasteiger charge is 2.62. The molecule has 0 bridgehead atoms. The number of carboxylic acids is 1. The number of aliphatic carboxylic acids is 1. The minimum Gasteiger partial charge on any atom is -0.477 e. The number of unbranched alkanes of at least 4 members (excludes halogenated alkanes) is 27. The summed E-state index contributed by atoms with van der Waals surface area (Å²) >= 11 is 0. The number of aliphatic hydroxyl groups excluding tert-OH is 20. The Balaban J connectivity index is 1.10. The van der Waals surface area contributed by atoms with E-state index in [9.17, 15) is 126 Å². The van der Waals surface area contributed by atoms with E-state index in [1.165, 1.54) is 122 Å². The van der Waals surface area contributed by atoms with Crippen molar-refractivity contribution >= 4 is 23.7 Å². The minimum atomic E-state index is -3.31. The molecule has 3 amide bonds. The fraction of sp³-hybridized carbons (Fsp3) is 0.926. The second-order valence-corrected chi connectivity index (χ2v) is 32.8. The molecule has 6 fully saturated rings. The van der Waals surface area contributed by atoms with Crippen LogP contribution in [0.4, 0.5) is 0 Å². The molecule has 0 aliphatic carbocycles. The van der Waals surface area contributed by atoms with Crippen LogP contribution in [0.5, 0.6) is 0 Å². The minimum absolute atomic E-state index is 0.165. The third-order valence-electron chi connectivity index (χ3n) is 23.3. The highest BCUT2D eigenvalue weighted by Crippen LogP contribution is 2.41. The number of ether oxygens (including phenoxy) is 12. The largest absolute Gasteiger partial charge is 0.477 e. The van der Waals surface area contributed by atoms with Crippen molar-refractivity contribution < 1.29 is 183 Å². The zero-order chi connectivity index (χ0) is 88.9. The predicted octanol–water partition coefficient (Wildman–Crippen LogP) is -3.47. The third kappa shape index (κ3) is 31.9. The summed E-state index contributed by atoms with van der Waals surface area (Å²) in [5, 5.41) is 240. The molecular weight excluding hydrogens is 1610 g/mol. The highest BCUT2D eigenvalue weighted by atomic mass is 16.8. The molecule has 40 nitrogen and oxygen atoms in total. The summed E-state index contributed by atoms with van der Waals surface area (Å²) < 4.78 is 70.5. The Bertz CT molecular complexity index is 2890. The summed E-state index contributed by atoms with van der Waals surface area (Å²) in [4.78, 5) is 52.2.